The van der Waals surface area contributed by atoms with E-state index in [4.69, 9.17) is 4.74 Å². The maximum absolute atomic E-state index is 11.4. The van der Waals surface area contributed by atoms with Gasteiger partial charge in [-0.2, -0.15) is 0 Å². The predicted molar refractivity (Wildman–Crippen MR) is 45.8 cm³/mol. The molecule has 0 saturated carbocycles. The Morgan fingerprint density at radius 3 is 2.75 bits per heavy atom. The number of nitrogens with one attached hydrogen (secondary N) is 1. The molecule has 1 fully saturated rings. The third kappa shape index (κ3) is 2.11. The second-order valence-corrected chi connectivity index (χ2v) is 3.27. The average molecular weight is 172 g/mol. The minimum absolute atomic E-state index is 0.0324. The van der Waals surface area contributed by atoms with Gasteiger partial charge >= 0.3 is 6.03 Å². The zero-order valence-corrected chi connectivity index (χ0v) is 7.83. The number of carbonyl (C=O) groups excluding carboxylic acids is 1. The third-order valence-electron chi connectivity index (χ3n) is 1.80. The minimum atomic E-state index is -0.0799. The molecule has 0 aliphatic carbocycles. The molecule has 1 unspecified atom stereocenters. The van der Waals surface area contributed by atoms with Crippen molar-refractivity contribution in [2.24, 2.45) is 0 Å². The van der Waals surface area contributed by atoms with Crippen LogP contribution in [0.1, 0.15) is 20.8 Å². The van der Waals surface area contributed by atoms with Gasteiger partial charge in [-0.1, -0.05) is 0 Å². The SMILES string of the molecule is CC(C)NC(=O)N1CCOC1C. The van der Waals surface area contributed by atoms with Crippen LogP contribution in [-0.4, -0.2) is 36.4 Å². The molecule has 1 N–H and O–H groups in total. The van der Waals surface area contributed by atoms with Gasteiger partial charge in [-0.15, -0.1) is 0 Å². The molecular formula is C8H16N2O2. The lowest BCUT2D eigenvalue weighted by Crippen LogP contribution is -2.44. The Bertz CT molecular complexity index is 170. The van der Waals surface area contributed by atoms with Crippen LogP contribution >= 0.6 is 0 Å². The largest absolute Gasteiger partial charge is 0.357 e. The quantitative estimate of drug-likeness (QED) is 0.635. The fourth-order valence-corrected chi connectivity index (χ4v) is 1.19. The molecule has 1 atom stereocenters. The van der Waals surface area contributed by atoms with Gasteiger partial charge in [0.25, 0.3) is 0 Å². The molecule has 1 aliphatic rings. The van der Waals surface area contributed by atoms with Crippen LogP contribution in [0.2, 0.25) is 0 Å². The van der Waals surface area contributed by atoms with Crippen LogP contribution < -0.4 is 5.32 Å². The molecule has 4 heteroatoms. The summed E-state index contributed by atoms with van der Waals surface area (Å²) in [5.41, 5.74) is 0. The van der Waals surface area contributed by atoms with Crippen LogP contribution in [0.25, 0.3) is 0 Å². The highest BCUT2D eigenvalue weighted by molar-refractivity contribution is 5.74. The molecule has 0 aromatic heterocycles. The van der Waals surface area contributed by atoms with E-state index in [1.165, 1.54) is 0 Å². The van der Waals surface area contributed by atoms with Crippen molar-refractivity contribution in [3.8, 4) is 0 Å². The normalized spacial score (nSPS) is 23.3. The van der Waals surface area contributed by atoms with E-state index in [0.29, 0.717) is 13.2 Å². The minimum Gasteiger partial charge on any atom is -0.357 e. The van der Waals surface area contributed by atoms with Crippen LogP contribution in [-0.2, 0) is 4.74 Å². The number of rotatable bonds is 1. The van der Waals surface area contributed by atoms with E-state index in [9.17, 15) is 4.79 Å². The topological polar surface area (TPSA) is 41.6 Å². The maximum Gasteiger partial charge on any atom is 0.319 e. The van der Waals surface area contributed by atoms with Crippen LogP contribution in [0, 0.1) is 0 Å². The fraction of sp³-hybridized carbons (Fsp3) is 0.875. The highest BCUT2D eigenvalue weighted by Crippen LogP contribution is 2.08. The van der Waals surface area contributed by atoms with Gasteiger partial charge < -0.3 is 10.1 Å². The molecule has 0 spiro atoms. The molecule has 12 heavy (non-hydrogen) atoms. The van der Waals surface area contributed by atoms with Gasteiger partial charge in [0.05, 0.1) is 6.61 Å². The Kier molecular flexibility index (Phi) is 2.92. The number of carbonyl (C=O) groups is 1. The molecule has 0 bridgehead atoms. The molecule has 0 radical (unpaired) electrons. The zero-order valence-electron chi connectivity index (χ0n) is 7.83. The number of urea groups is 1. The highest BCUT2D eigenvalue weighted by Gasteiger charge is 2.25. The van der Waals surface area contributed by atoms with E-state index < -0.39 is 0 Å². The Balaban J connectivity index is 2.41. The predicted octanol–water partition coefficient (Wildman–Crippen LogP) is 0.783. The fourth-order valence-electron chi connectivity index (χ4n) is 1.19. The number of hydrogen-bond donors (Lipinski definition) is 1. The van der Waals surface area contributed by atoms with Crippen molar-refractivity contribution in [2.75, 3.05) is 13.2 Å². The lowest BCUT2D eigenvalue weighted by molar-refractivity contribution is 0.0643. The Morgan fingerprint density at radius 2 is 2.33 bits per heavy atom. The van der Waals surface area contributed by atoms with Crippen LogP contribution in [0.3, 0.4) is 0 Å². The molecule has 1 aliphatic heterocycles. The molecule has 0 aromatic carbocycles. The monoisotopic (exact) mass is 172 g/mol. The van der Waals surface area contributed by atoms with Gasteiger partial charge in [0.15, 0.2) is 0 Å². The first-order chi connectivity index (χ1) is 5.61. The van der Waals surface area contributed by atoms with Gasteiger partial charge in [-0.05, 0) is 20.8 Å². The van der Waals surface area contributed by atoms with E-state index in [0.717, 1.165) is 0 Å². The van der Waals surface area contributed by atoms with Crippen molar-refractivity contribution in [3.63, 3.8) is 0 Å². The van der Waals surface area contributed by atoms with Crippen molar-refractivity contribution in [1.82, 2.24) is 10.2 Å². The maximum atomic E-state index is 11.4. The number of nitrogens with zero attached hydrogens (tertiary/aromatic N) is 1. The Hall–Kier alpha value is -0.770. The summed E-state index contributed by atoms with van der Waals surface area (Å²) in [5.74, 6) is 0. The first-order valence-corrected chi connectivity index (χ1v) is 4.30. The molecule has 1 saturated heterocycles. The van der Waals surface area contributed by atoms with Crippen LogP contribution in [0.5, 0.6) is 0 Å². The number of amides is 2. The molecule has 0 aromatic rings. The van der Waals surface area contributed by atoms with E-state index in [1.54, 1.807) is 4.90 Å². The highest BCUT2D eigenvalue weighted by atomic mass is 16.5. The molecular weight excluding hydrogens is 156 g/mol. The van der Waals surface area contributed by atoms with Crippen molar-refractivity contribution in [2.45, 2.75) is 33.0 Å². The molecule has 4 nitrogen and oxygen atoms in total. The van der Waals surface area contributed by atoms with Gasteiger partial charge in [0.2, 0.25) is 0 Å². The van der Waals surface area contributed by atoms with Gasteiger partial charge in [-0.3, -0.25) is 4.90 Å². The summed E-state index contributed by atoms with van der Waals surface area (Å²) in [7, 11) is 0. The zero-order chi connectivity index (χ0) is 9.14. The van der Waals surface area contributed by atoms with E-state index >= 15 is 0 Å². The lowest BCUT2D eigenvalue weighted by atomic mass is 10.4. The Labute approximate surface area is 72.9 Å². The van der Waals surface area contributed by atoms with Gasteiger partial charge in [-0.25, -0.2) is 4.79 Å². The second kappa shape index (κ2) is 3.76. The number of hydrogen-bond acceptors (Lipinski definition) is 2. The lowest BCUT2D eigenvalue weighted by Gasteiger charge is -2.21. The van der Waals surface area contributed by atoms with E-state index in [1.807, 2.05) is 20.8 Å². The third-order valence-corrected chi connectivity index (χ3v) is 1.80. The summed E-state index contributed by atoms with van der Waals surface area (Å²) >= 11 is 0. The summed E-state index contributed by atoms with van der Waals surface area (Å²) in [6.07, 6.45) is -0.0799. The summed E-state index contributed by atoms with van der Waals surface area (Å²) < 4.78 is 5.23. The van der Waals surface area contributed by atoms with Crippen molar-refractivity contribution < 1.29 is 9.53 Å². The van der Waals surface area contributed by atoms with Crippen LogP contribution in [0.15, 0.2) is 0 Å². The van der Waals surface area contributed by atoms with E-state index in [-0.39, 0.29) is 18.3 Å². The van der Waals surface area contributed by atoms with Crippen molar-refractivity contribution >= 4 is 6.03 Å². The molecule has 1 heterocycles. The van der Waals surface area contributed by atoms with E-state index in [2.05, 4.69) is 5.32 Å². The molecule has 70 valence electrons. The molecule has 2 amide bonds. The first kappa shape index (κ1) is 9.32. The first-order valence-electron chi connectivity index (χ1n) is 4.30. The molecule has 1 rings (SSSR count). The standard InChI is InChI=1S/C8H16N2O2/c1-6(2)9-8(11)10-4-5-12-7(10)3/h6-7H,4-5H2,1-3H3,(H,9,11). The smallest absolute Gasteiger partial charge is 0.319 e. The summed E-state index contributed by atoms with van der Waals surface area (Å²) in [6.45, 7) is 7.11. The summed E-state index contributed by atoms with van der Waals surface area (Å²) in [6, 6.07) is 0.153. The van der Waals surface area contributed by atoms with Crippen LogP contribution in [0.4, 0.5) is 4.79 Å². The average Bonchev–Trinajstić information content (AvgIpc) is 2.33. The van der Waals surface area contributed by atoms with Crippen molar-refractivity contribution in [1.29, 1.82) is 0 Å². The summed E-state index contributed by atoms with van der Waals surface area (Å²) in [4.78, 5) is 13.1. The van der Waals surface area contributed by atoms with Crippen molar-refractivity contribution in [3.05, 3.63) is 0 Å². The number of ether oxygens (including phenoxy) is 1. The second-order valence-electron chi connectivity index (χ2n) is 3.27. The summed E-state index contributed by atoms with van der Waals surface area (Å²) in [5, 5.41) is 2.82. The Morgan fingerprint density at radius 1 is 1.67 bits per heavy atom. The van der Waals surface area contributed by atoms with Gasteiger partial charge in [0, 0.05) is 12.6 Å². The van der Waals surface area contributed by atoms with Gasteiger partial charge in [0.1, 0.15) is 6.23 Å².